The lowest BCUT2D eigenvalue weighted by molar-refractivity contribution is 0.413. The molecule has 0 aliphatic carbocycles. The largest absolute Gasteiger partial charge is 0.247 e. The van der Waals surface area contributed by atoms with Crippen LogP contribution < -0.4 is 0 Å². The zero-order valence-corrected chi connectivity index (χ0v) is 27.7. The van der Waals surface area contributed by atoms with Crippen LogP contribution in [0, 0.1) is 93.1 Å². The van der Waals surface area contributed by atoms with E-state index < -0.39 is 178 Å². The summed E-state index contributed by atoms with van der Waals surface area (Å²) in [6, 6.07) is 2.14. The Kier molecular flexibility index (Phi) is 7.61. The summed E-state index contributed by atoms with van der Waals surface area (Å²) in [5, 5.41) is -4.66. The second-order valence-electron chi connectivity index (χ2n) is 12.0. The van der Waals surface area contributed by atoms with Gasteiger partial charge in [0.25, 0.3) is 0 Å². The number of hydrogen-bond acceptors (Lipinski definition) is 4. The smallest absolute Gasteiger partial charge is 0.198 e. The number of thiophene rings is 2. The van der Waals surface area contributed by atoms with Crippen molar-refractivity contribution in [3.8, 4) is 45.0 Å². The summed E-state index contributed by atoms with van der Waals surface area (Å²) in [5.41, 5.74) is -8.77. The zero-order chi connectivity index (χ0) is 40.1. The molecule has 2 aliphatic heterocycles. The molecule has 0 spiro atoms. The first-order valence-electron chi connectivity index (χ1n) is 15.0. The van der Waals surface area contributed by atoms with Crippen molar-refractivity contribution in [2.24, 2.45) is 0 Å². The van der Waals surface area contributed by atoms with E-state index in [4.69, 9.17) is 0 Å². The summed E-state index contributed by atoms with van der Waals surface area (Å²) in [6.45, 7) is 0. The predicted molar refractivity (Wildman–Crippen MR) is 171 cm³/mol. The van der Waals surface area contributed by atoms with E-state index >= 15 is 35.1 Å². The first-order chi connectivity index (χ1) is 26.4. The van der Waals surface area contributed by atoms with Crippen LogP contribution in [0.25, 0.3) is 85.4 Å². The van der Waals surface area contributed by atoms with Crippen molar-refractivity contribution < 1.29 is 70.2 Å². The van der Waals surface area contributed by atoms with E-state index in [-0.39, 0.29) is 22.7 Å². The third kappa shape index (κ3) is 4.53. The molecule has 0 atom stereocenters. The lowest BCUT2D eigenvalue weighted by Gasteiger charge is -2.06. The van der Waals surface area contributed by atoms with Gasteiger partial charge in [-0.1, -0.05) is 0 Å². The van der Waals surface area contributed by atoms with E-state index in [1.807, 2.05) is 0 Å². The average molecular weight is 833 g/mol. The molecule has 7 aromatic rings. The van der Waals surface area contributed by atoms with Crippen molar-refractivity contribution in [1.82, 2.24) is 9.97 Å². The van der Waals surface area contributed by atoms with Crippen molar-refractivity contribution in [2.75, 3.05) is 0 Å². The molecule has 0 amide bonds. The van der Waals surface area contributed by atoms with Crippen molar-refractivity contribution in [1.29, 1.82) is 0 Å². The maximum absolute atomic E-state index is 15.5. The van der Waals surface area contributed by atoms with E-state index in [0.717, 1.165) is 0 Å². The first kappa shape index (κ1) is 35.9. The molecule has 9 rings (SSSR count). The van der Waals surface area contributed by atoms with Gasteiger partial charge in [0.2, 0.25) is 0 Å². The Bertz CT molecular complexity index is 2810. The molecule has 4 aromatic carbocycles. The number of rotatable bonds is 0. The second-order valence-corrected chi connectivity index (χ2v) is 14.2. The fourth-order valence-corrected chi connectivity index (χ4v) is 8.99. The third-order valence-electron chi connectivity index (χ3n) is 9.07. The molecule has 20 heteroatoms. The standard InChI is InChI=1S/C36H4F16N2S2/c37-21-13-5-1-9-17-18(26(42)34(50)33(49)25(17)41)10(55-9)3-7-15-16(24(40)32(48)31(47)23(15)39)8(54-7)4-12-20-19(27(43)35(51)36(52)28(20)44)11(56-12)2-6(53-5)14(13)22(38)30(46)29(21)45/h1-4H. The topological polar surface area (TPSA) is 25.8 Å². The second kappa shape index (κ2) is 11.9. The minimum absolute atomic E-state index is 0.134. The van der Waals surface area contributed by atoms with Gasteiger partial charge in [0.15, 0.2) is 93.1 Å². The SMILES string of the molecule is Fc1c(F)c(F)c2c(c1F)-c1cc3sc(cc4nc(cc5sc(cc-2n1)c1c(F)c(F)c(F)c(F)c51)-c1c(F)c(F)c(F)c(F)c1-4)c1c(F)c(F)c(F)c(F)c31. The summed E-state index contributed by atoms with van der Waals surface area (Å²) < 4.78 is 239. The molecule has 56 heavy (non-hydrogen) atoms. The first-order valence-corrected chi connectivity index (χ1v) is 16.7. The molecule has 0 saturated carbocycles. The van der Waals surface area contributed by atoms with Crippen LogP contribution in [0.15, 0.2) is 24.3 Å². The van der Waals surface area contributed by atoms with E-state index in [2.05, 4.69) is 9.97 Å². The van der Waals surface area contributed by atoms with Gasteiger partial charge in [-0.25, -0.2) is 80.2 Å². The molecule has 5 heterocycles. The van der Waals surface area contributed by atoms with Gasteiger partial charge in [0, 0.05) is 40.3 Å². The van der Waals surface area contributed by atoms with Crippen LogP contribution in [0.5, 0.6) is 0 Å². The lowest BCUT2D eigenvalue weighted by Crippen LogP contribution is -2.00. The number of aromatic nitrogens is 2. The molecular weight excluding hydrogens is 829 g/mol. The van der Waals surface area contributed by atoms with Gasteiger partial charge < -0.3 is 0 Å². The van der Waals surface area contributed by atoms with Gasteiger partial charge in [0.05, 0.1) is 45.0 Å². The predicted octanol–water partition coefficient (Wildman–Crippen LogP) is 13.0. The minimum Gasteiger partial charge on any atom is -0.247 e. The highest BCUT2D eigenvalue weighted by Crippen LogP contribution is 2.49. The molecule has 0 saturated heterocycles. The van der Waals surface area contributed by atoms with E-state index in [1.54, 1.807) is 0 Å². The van der Waals surface area contributed by atoms with Gasteiger partial charge in [0.1, 0.15) is 0 Å². The summed E-state index contributed by atoms with van der Waals surface area (Å²) in [4.78, 5) is 7.78. The number of benzene rings is 4. The molecule has 2 nitrogen and oxygen atoms in total. The van der Waals surface area contributed by atoms with Crippen LogP contribution in [0.1, 0.15) is 0 Å². The monoisotopic (exact) mass is 832 g/mol. The molecule has 0 unspecified atom stereocenters. The summed E-state index contributed by atoms with van der Waals surface area (Å²) >= 11 is 0.268. The molecule has 0 N–H and O–H groups in total. The Labute approximate surface area is 305 Å². The Morgan fingerprint density at radius 1 is 0.250 bits per heavy atom. The number of hydrogen-bond donors (Lipinski definition) is 0. The van der Waals surface area contributed by atoms with Crippen LogP contribution in [0.2, 0.25) is 0 Å². The molecule has 0 fully saturated rings. The van der Waals surface area contributed by atoms with Crippen LogP contribution in [0.3, 0.4) is 0 Å². The fraction of sp³-hybridized carbons (Fsp3) is 0. The highest BCUT2D eigenvalue weighted by molar-refractivity contribution is 7.26. The third-order valence-corrected chi connectivity index (χ3v) is 11.2. The van der Waals surface area contributed by atoms with E-state index in [9.17, 15) is 35.1 Å². The average Bonchev–Trinajstić information content (AvgIpc) is 3.92. The quantitative estimate of drug-likeness (QED) is 0.0864. The van der Waals surface area contributed by atoms with Crippen LogP contribution in [0.4, 0.5) is 70.2 Å². The zero-order valence-electron chi connectivity index (χ0n) is 26.1. The van der Waals surface area contributed by atoms with E-state index in [1.165, 1.54) is 0 Å². The fourth-order valence-electron chi connectivity index (χ4n) is 6.66. The Morgan fingerprint density at radius 2 is 0.429 bits per heavy atom. The van der Waals surface area contributed by atoms with Gasteiger partial charge in [-0.3, -0.25) is 0 Å². The summed E-state index contributed by atoms with van der Waals surface area (Å²) in [7, 11) is 0. The maximum Gasteiger partial charge on any atom is 0.198 e. The Morgan fingerprint density at radius 3 is 0.625 bits per heavy atom. The molecule has 2 aliphatic rings. The molecule has 8 bridgehead atoms. The highest BCUT2D eigenvalue weighted by Gasteiger charge is 2.35. The summed E-state index contributed by atoms with van der Waals surface area (Å²) in [6.07, 6.45) is 0. The minimum atomic E-state index is -2.42. The van der Waals surface area contributed by atoms with Crippen LogP contribution in [-0.2, 0) is 0 Å². The summed E-state index contributed by atoms with van der Waals surface area (Å²) in [5.74, 6) is -36.3. The molecular formula is C36H4F16N2S2. The Balaban J connectivity index is 1.61. The van der Waals surface area contributed by atoms with Gasteiger partial charge in [-0.2, -0.15) is 0 Å². The van der Waals surface area contributed by atoms with E-state index in [0.29, 0.717) is 24.3 Å². The Hall–Kier alpha value is -5.76. The number of nitrogens with zero attached hydrogens (tertiary/aromatic N) is 2. The highest BCUT2D eigenvalue weighted by atomic mass is 32.1. The lowest BCUT2D eigenvalue weighted by atomic mass is 10.0. The molecule has 282 valence electrons. The maximum atomic E-state index is 15.5. The number of halogens is 16. The normalized spacial score (nSPS) is 12.3. The number of fused-ring (bicyclic) bond motifs is 20. The van der Waals surface area contributed by atoms with Gasteiger partial charge in [-0.15, -0.1) is 22.7 Å². The molecule has 0 radical (unpaired) electrons. The van der Waals surface area contributed by atoms with Crippen molar-refractivity contribution >= 4 is 63.0 Å². The van der Waals surface area contributed by atoms with Crippen molar-refractivity contribution in [2.45, 2.75) is 0 Å². The van der Waals surface area contributed by atoms with Gasteiger partial charge in [-0.05, 0) is 24.3 Å². The van der Waals surface area contributed by atoms with Gasteiger partial charge >= 0.3 is 0 Å². The van der Waals surface area contributed by atoms with Crippen LogP contribution in [-0.4, -0.2) is 9.97 Å². The van der Waals surface area contributed by atoms with Crippen molar-refractivity contribution in [3.05, 3.63) is 117 Å². The van der Waals surface area contributed by atoms with Crippen LogP contribution >= 0.6 is 22.7 Å². The van der Waals surface area contributed by atoms with Crippen molar-refractivity contribution in [3.63, 3.8) is 0 Å². The molecule has 3 aromatic heterocycles.